The Morgan fingerprint density at radius 3 is 2.74 bits per heavy atom. The summed E-state index contributed by atoms with van der Waals surface area (Å²) in [6, 6.07) is 12.9. The zero-order valence-corrected chi connectivity index (χ0v) is 15.7. The van der Waals surface area contributed by atoms with Crippen LogP contribution in [0.5, 0.6) is 5.75 Å². The molecule has 3 aromatic heterocycles. The molecule has 0 atom stereocenters. The van der Waals surface area contributed by atoms with E-state index in [4.69, 9.17) is 8.83 Å². The number of phenols is 1. The van der Waals surface area contributed by atoms with Crippen LogP contribution in [-0.2, 0) is 19.6 Å². The predicted molar refractivity (Wildman–Crippen MR) is 105 cm³/mol. The molecular formula is C21H19NO4S. The summed E-state index contributed by atoms with van der Waals surface area (Å²) in [5.74, 6) is 0.987. The number of aryl methyl sites for hydroxylation is 1. The van der Waals surface area contributed by atoms with Crippen LogP contribution in [0, 0.1) is 6.92 Å². The van der Waals surface area contributed by atoms with E-state index in [9.17, 15) is 9.90 Å². The number of hydrogen-bond donors (Lipinski definition) is 1. The standard InChI is InChI=1S/C21H19NO4S/c1-14-19(23)7-6-18-15(10-20(24)26-21(14)18)11-22(12-16-4-2-8-25-16)13-17-5-3-9-27-17/h2-10,23H,11-13H2,1H3. The quantitative estimate of drug-likeness (QED) is 0.492. The highest BCUT2D eigenvalue weighted by molar-refractivity contribution is 7.09. The molecule has 27 heavy (non-hydrogen) atoms. The molecule has 0 unspecified atom stereocenters. The number of rotatable bonds is 6. The van der Waals surface area contributed by atoms with Crippen LogP contribution >= 0.6 is 11.3 Å². The third-order valence-electron chi connectivity index (χ3n) is 4.53. The molecule has 138 valence electrons. The number of nitrogens with zero attached hydrogens (tertiary/aromatic N) is 1. The van der Waals surface area contributed by atoms with Crippen LogP contribution in [0.1, 0.15) is 21.8 Å². The maximum atomic E-state index is 12.1. The molecule has 1 aromatic carbocycles. The molecule has 0 aliphatic rings. The lowest BCUT2D eigenvalue weighted by Crippen LogP contribution is -2.22. The second-order valence-electron chi connectivity index (χ2n) is 6.48. The van der Waals surface area contributed by atoms with Gasteiger partial charge in [-0.2, -0.15) is 0 Å². The number of hydrogen-bond acceptors (Lipinski definition) is 6. The fraction of sp³-hybridized carbons (Fsp3) is 0.190. The number of aromatic hydroxyl groups is 1. The predicted octanol–water partition coefficient (Wildman–Crippen LogP) is 4.66. The summed E-state index contributed by atoms with van der Waals surface area (Å²) in [5.41, 5.74) is 1.46. The Bertz CT molecular complexity index is 1060. The number of benzene rings is 1. The molecule has 0 saturated carbocycles. The minimum atomic E-state index is -0.416. The Morgan fingerprint density at radius 2 is 2.00 bits per heavy atom. The van der Waals surface area contributed by atoms with Crippen LogP contribution in [-0.4, -0.2) is 10.0 Å². The Hall–Kier alpha value is -2.83. The van der Waals surface area contributed by atoms with E-state index in [2.05, 4.69) is 16.3 Å². The fourth-order valence-corrected chi connectivity index (χ4v) is 3.95. The minimum Gasteiger partial charge on any atom is -0.508 e. The fourth-order valence-electron chi connectivity index (χ4n) is 3.20. The van der Waals surface area contributed by atoms with Crippen molar-refractivity contribution >= 4 is 22.3 Å². The van der Waals surface area contributed by atoms with E-state index in [1.54, 1.807) is 36.7 Å². The van der Waals surface area contributed by atoms with Crippen molar-refractivity contribution in [2.45, 2.75) is 26.6 Å². The van der Waals surface area contributed by atoms with Gasteiger partial charge in [-0.05, 0) is 48.2 Å². The van der Waals surface area contributed by atoms with Gasteiger partial charge in [0.1, 0.15) is 17.1 Å². The summed E-state index contributed by atoms with van der Waals surface area (Å²) in [6.07, 6.45) is 1.66. The van der Waals surface area contributed by atoms with Gasteiger partial charge in [-0.1, -0.05) is 6.07 Å². The van der Waals surface area contributed by atoms with Crippen LogP contribution in [0.4, 0.5) is 0 Å². The van der Waals surface area contributed by atoms with Gasteiger partial charge >= 0.3 is 5.63 Å². The smallest absolute Gasteiger partial charge is 0.336 e. The third-order valence-corrected chi connectivity index (χ3v) is 5.39. The number of thiophene rings is 1. The Kier molecular flexibility index (Phi) is 4.83. The zero-order valence-electron chi connectivity index (χ0n) is 14.8. The summed E-state index contributed by atoms with van der Waals surface area (Å²) in [6.45, 7) is 3.68. The minimum absolute atomic E-state index is 0.119. The van der Waals surface area contributed by atoms with Crippen LogP contribution in [0.3, 0.4) is 0 Å². The summed E-state index contributed by atoms with van der Waals surface area (Å²) < 4.78 is 10.9. The number of phenolic OH excluding ortho intramolecular Hbond substituents is 1. The number of fused-ring (bicyclic) bond motifs is 1. The first-order chi connectivity index (χ1) is 13.1. The van der Waals surface area contributed by atoms with Crippen molar-refractivity contribution < 1.29 is 13.9 Å². The lowest BCUT2D eigenvalue weighted by Gasteiger charge is -2.21. The highest BCUT2D eigenvalue weighted by Gasteiger charge is 2.15. The third kappa shape index (κ3) is 3.82. The van der Waals surface area contributed by atoms with E-state index in [0.29, 0.717) is 24.2 Å². The molecule has 0 spiro atoms. The number of furan rings is 1. The SMILES string of the molecule is Cc1c(O)ccc2c(CN(Cc3ccco3)Cc3cccs3)cc(=O)oc12. The van der Waals surface area contributed by atoms with Crippen molar-refractivity contribution in [3.8, 4) is 5.75 Å². The van der Waals surface area contributed by atoms with Crippen LogP contribution in [0.2, 0.25) is 0 Å². The van der Waals surface area contributed by atoms with Gasteiger partial charge in [0.05, 0.1) is 12.8 Å². The van der Waals surface area contributed by atoms with Gasteiger partial charge in [0.25, 0.3) is 0 Å². The molecule has 3 heterocycles. The molecule has 4 aromatic rings. The first-order valence-corrected chi connectivity index (χ1v) is 9.50. The average Bonchev–Trinajstić information content (AvgIpc) is 3.32. The molecule has 0 bridgehead atoms. The van der Waals surface area contributed by atoms with Crippen LogP contribution in [0.25, 0.3) is 11.0 Å². The lowest BCUT2D eigenvalue weighted by molar-refractivity contribution is 0.229. The van der Waals surface area contributed by atoms with Crippen LogP contribution in [0.15, 0.2) is 67.7 Å². The van der Waals surface area contributed by atoms with E-state index in [1.165, 1.54) is 10.9 Å². The molecule has 6 heteroatoms. The van der Waals surface area contributed by atoms with E-state index in [-0.39, 0.29) is 5.75 Å². The molecule has 5 nitrogen and oxygen atoms in total. The van der Waals surface area contributed by atoms with Crippen molar-refractivity contribution in [3.05, 3.63) is 86.3 Å². The van der Waals surface area contributed by atoms with Gasteiger partial charge in [-0.3, -0.25) is 4.90 Å². The highest BCUT2D eigenvalue weighted by atomic mass is 32.1. The molecule has 1 N–H and O–H groups in total. The van der Waals surface area contributed by atoms with Gasteiger partial charge < -0.3 is 13.9 Å². The molecule has 0 aliphatic heterocycles. The monoisotopic (exact) mass is 381 g/mol. The van der Waals surface area contributed by atoms with E-state index in [0.717, 1.165) is 23.3 Å². The molecule has 0 radical (unpaired) electrons. The summed E-state index contributed by atoms with van der Waals surface area (Å²) in [5, 5.41) is 12.8. The van der Waals surface area contributed by atoms with Crippen molar-refractivity contribution in [2.24, 2.45) is 0 Å². The first-order valence-electron chi connectivity index (χ1n) is 8.62. The summed E-state index contributed by atoms with van der Waals surface area (Å²) in [7, 11) is 0. The maximum Gasteiger partial charge on any atom is 0.336 e. The molecule has 0 fully saturated rings. The van der Waals surface area contributed by atoms with E-state index >= 15 is 0 Å². The average molecular weight is 381 g/mol. The molecule has 0 saturated heterocycles. The Labute approximate surface area is 160 Å². The molecular weight excluding hydrogens is 362 g/mol. The van der Waals surface area contributed by atoms with Crippen LogP contribution < -0.4 is 5.63 Å². The lowest BCUT2D eigenvalue weighted by atomic mass is 10.1. The topological polar surface area (TPSA) is 66.8 Å². The van der Waals surface area contributed by atoms with Crippen molar-refractivity contribution in [1.82, 2.24) is 4.90 Å². The molecule has 4 rings (SSSR count). The van der Waals surface area contributed by atoms with Gasteiger partial charge in [0, 0.05) is 35.0 Å². The van der Waals surface area contributed by atoms with Gasteiger partial charge in [0.15, 0.2) is 0 Å². The second kappa shape index (κ2) is 7.42. The molecule has 0 aliphatic carbocycles. The maximum absolute atomic E-state index is 12.1. The normalized spacial score (nSPS) is 11.5. The first kappa shape index (κ1) is 17.6. The Balaban J connectivity index is 1.71. The zero-order chi connectivity index (χ0) is 18.8. The van der Waals surface area contributed by atoms with Crippen molar-refractivity contribution in [2.75, 3.05) is 0 Å². The van der Waals surface area contributed by atoms with E-state index < -0.39 is 5.63 Å². The largest absolute Gasteiger partial charge is 0.508 e. The van der Waals surface area contributed by atoms with Crippen molar-refractivity contribution in [1.29, 1.82) is 0 Å². The second-order valence-corrected chi connectivity index (χ2v) is 7.51. The van der Waals surface area contributed by atoms with Crippen molar-refractivity contribution in [3.63, 3.8) is 0 Å². The van der Waals surface area contributed by atoms with Gasteiger partial charge in [-0.25, -0.2) is 4.79 Å². The Morgan fingerprint density at radius 1 is 1.11 bits per heavy atom. The van der Waals surface area contributed by atoms with E-state index in [1.807, 2.05) is 18.2 Å². The summed E-state index contributed by atoms with van der Waals surface area (Å²) in [4.78, 5) is 15.6. The highest BCUT2D eigenvalue weighted by Crippen LogP contribution is 2.28. The van der Waals surface area contributed by atoms with Gasteiger partial charge in [-0.15, -0.1) is 11.3 Å². The molecule has 0 amide bonds. The summed E-state index contributed by atoms with van der Waals surface area (Å²) >= 11 is 1.70. The van der Waals surface area contributed by atoms with Gasteiger partial charge in [0.2, 0.25) is 0 Å².